The molecule has 0 saturated heterocycles. The van der Waals surface area contributed by atoms with E-state index in [1.165, 1.54) is 6.26 Å². The van der Waals surface area contributed by atoms with Gasteiger partial charge >= 0.3 is 5.97 Å². The number of hydrogen-bond donors (Lipinski definition) is 1. The van der Waals surface area contributed by atoms with Crippen molar-refractivity contribution in [1.82, 2.24) is 0 Å². The fourth-order valence-electron chi connectivity index (χ4n) is 2.68. The van der Waals surface area contributed by atoms with Gasteiger partial charge in [0.05, 0.1) is 29.5 Å². The van der Waals surface area contributed by atoms with Crippen molar-refractivity contribution in [3.05, 3.63) is 63.9 Å². The van der Waals surface area contributed by atoms with Gasteiger partial charge in [-0.15, -0.1) is 11.3 Å². The van der Waals surface area contributed by atoms with Crippen molar-refractivity contribution in [2.24, 2.45) is 0 Å². The highest BCUT2D eigenvalue weighted by Crippen LogP contribution is 2.38. The summed E-state index contributed by atoms with van der Waals surface area (Å²) in [5.41, 5.74) is 0.690. The van der Waals surface area contributed by atoms with Gasteiger partial charge in [0.2, 0.25) is 0 Å². The molecule has 150 valence electrons. The van der Waals surface area contributed by atoms with E-state index in [9.17, 15) is 9.59 Å². The summed E-state index contributed by atoms with van der Waals surface area (Å²) in [5, 5.41) is 3.59. The van der Waals surface area contributed by atoms with E-state index in [0.717, 1.165) is 17.8 Å². The van der Waals surface area contributed by atoms with Crippen molar-refractivity contribution < 1.29 is 28.2 Å². The summed E-state index contributed by atoms with van der Waals surface area (Å²) in [7, 11) is 0. The Morgan fingerprint density at radius 3 is 2.86 bits per heavy atom. The van der Waals surface area contributed by atoms with Crippen molar-refractivity contribution in [1.29, 1.82) is 0 Å². The summed E-state index contributed by atoms with van der Waals surface area (Å²) in [5.74, 6) is 0.346. The number of esters is 1. The maximum absolute atomic E-state index is 12.3. The molecule has 2 aromatic heterocycles. The first-order valence-electron chi connectivity index (χ1n) is 8.80. The van der Waals surface area contributed by atoms with Gasteiger partial charge in [-0.1, -0.05) is 11.6 Å². The molecule has 1 aliphatic heterocycles. The van der Waals surface area contributed by atoms with E-state index in [-0.39, 0.29) is 12.4 Å². The Kier molecular flexibility index (Phi) is 5.73. The van der Waals surface area contributed by atoms with Crippen LogP contribution in [-0.2, 0) is 11.3 Å². The summed E-state index contributed by atoms with van der Waals surface area (Å²) in [6, 6.07) is 9.84. The van der Waals surface area contributed by atoms with Gasteiger partial charge in [-0.25, -0.2) is 4.79 Å². The molecule has 9 heteroatoms. The monoisotopic (exact) mass is 433 g/mol. The molecule has 1 amide bonds. The molecule has 0 atom stereocenters. The smallest absolute Gasteiger partial charge is 0.348 e. The third kappa shape index (κ3) is 4.55. The Bertz CT molecular complexity index is 1030. The van der Waals surface area contributed by atoms with Crippen LogP contribution in [0.5, 0.6) is 11.5 Å². The van der Waals surface area contributed by atoms with E-state index < -0.39 is 11.9 Å². The molecule has 0 radical (unpaired) electrons. The van der Waals surface area contributed by atoms with E-state index in [1.807, 2.05) is 0 Å². The maximum Gasteiger partial charge on any atom is 0.348 e. The highest BCUT2D eigenvalue weighted by molar-refractivity contribution is 7.18. The van der Waals surface area contributed by atoms with E-state index >= 15 is 0 Å². The van der Waals surface area contributed by atoms with E-state index in [4.69, 9.17) is 30.2 Å². The fraction of sp³-hybridized carbons (Fsp3) is 0.200. The van der Waals surface area contributed by atoms with Crippen LogP contribution in [0.15, 0.2) is 47.1 Å². The van der Waals surface area contributed by atoms with E-state index in [0.29, 0.717) is 45.2 Å². The number of anilines is 1. The van der Waals surface area contributed by atoms with Crippen molar-refractivity contribution in [2.75, 3.05) is 18.5 Å². The quantitative estimate of drug-likeness (QED) is 0.583. The van der Waals surface area contributed by atoms with Crippen molar-refractivity contribution in [3.63, 3.8) is 0 Å². The van der Waals surface area contributed by atoms with Gasteiger partial charge < -0.3 is 23.9 Å². The minimum Gasteiger partial charge on any atom is -0.489 e. The molecule has 0 unspecified atom stereocenters. The lowest BCUT2D eigenvalue weighted by Gasteiger charge is -2.11. The van der Waals surface area contributed by atoms with Gasteiger partial charge in [-0.3, -0.25) is 4.79 Å². The zero-order valence-corrected chi connectivity index (χ0v) is 16.7. The van der Waals surface area contributed by atoms with Crippen molar-refractivity contribution in [3.8, 4) is 11.5 Å². The molecule has 0 aliphatic carbocycles. The summed E-state index contributed by atoms with van der Waals surface area (Å²) in [6.45, 7) is 1.10. The standard InChI is InChI=1S/C20H16ClNO6S/c21-13-9-12(10-15-18(13)27-8-2-7-26-15)11-28-20(24)16-4-5-17(29-16)22-19(23)14-3-1-6-25-14/h1,3-6,9-10H,2,7-8,11H2,(H,22,23). The van der Waals surface area contributed by atoms with Gasteiger partial charge in [0.25, 0.3) is 5.91 Å². The molecular weight excluding hydrogens is 418 g/mol. The third-order valence-corrected chi connectivity index (χ3v) is 5.28. The molecular formula is C20H16ClNO6S. The van der Waals surface area contributed by atoms with Gasteiger partial charge in [0.15, 0.2) is 17.3 Å². The molecule has 4 rings (SSSR count). The topological polar surface area (TPSA) is 87.0 Å². The van der Waals surface area contributed by atoms with E-state index in [1.54, 1.807) is 36.4 Å². The number of furan rings is 1. The normalized spacial score (nSPS) is 12.9. The largest absolute Gasteiger partial charge is 0.489 e. The number of fused-ring (bicyclic) bond motifs is 1. The lowest BCUT2D eigenvalue weighted by molar-refractivity contribution is 0.0478. The van der Waals surface area contributed by atoms with Crippen LogP contribution < -0.4 is 14.8 Å². The number of benzene rings is 1. The Hall–Kier alpha value is -2.97. The second-order valence-corrected chi connectivity index (χ2v) is 7.62. The Labute approximate surface area is 175 Å². The predicted molar refractivity (Wildman–Crippen MR) is 107 cm³/mol. The lowest BCUT2D eigenvalue weighted by atomic mass is 10.2. The maximum atomic E-state index is 12.3. The zero-order valence-electron chi connectivity index (χ0n) is 15.1. The second-order valence-electron chi connectivity index (χ2n) is 6.13. The number of carbonyl (C=O) groups excluding carboxylic acids is 2. The van der Waals surface area contributed by atoms with Gasteiger partial charge in [-0.2, -0.15) is 0 Å². The predicted octanol–water partition coefficient (Wildman–Crippen LogP) is 4.77. The average Bonchev–Trinajstić information content (AvgIpc) is 3.35. The molecule has 0 saturated carbocycles. The van der Waals surface area contributed by atoms with Crippen LogP contribution in [0.1, 0.15) is 32.2 Å². The number of carbonyl (C=O) groups is 2. The Morgan fingerprint density at radius 2 is 2.03 bits per heavy atom. The third-order valence-electron chi connectivity index (χ3n) is 4.02. The van der Waals surface area contributed by atoms with Gasteiger partial charge in [-0.05, 0) is 42.0 Å². The highest BCUT2D eigenvalue weighted by atomic mass is 35.5. The molecule has 0 fully saturated rings. The number of hydrogen-bond acceptors (Lipinski definition) is 7. The molecule has 7 nitrogen and oxygen atoms in total. The van der Waals surface area contributed by atoms with Crippen LogP contribution in [0.4, 0.5) is 5.00 Å². The van der Waals surface area contributed by atoms with Gasteiger partial charge in [0.1, 0.15) is 11.5 Å². The number of ether oxygens (including phenoxy) is 3. The zero-order chi connectivity index (χ0) is 20.2. The fourth-order valence-corrected chi connectivity index (χ4v) is 3.77. The number of nitrogens with one attached hydrogen (secondary N) is 1. The van der Waals surface area contributed by atoms with Crippen LogP contribution >= 0.6 is 22.9 Å². The number of thiophene rings is 1. The Morgan fingerprint density at radius 1 is 1.17 bits per heavy atom. The number of amides is 1. The second kappa shape index (κ2) is 8.59. The SMILES string of the molecule is O=C(Nc1ccc(C(=O)OCc2cc(Cl)c3c(c2)OCCCO3)s1)c1ccco1. The van der Waals surface area contributed by atoms with Crippen LogP contribution in [0.25, 0.3) is 0 Å². The molecule has 1 aromatic carbocycles. The number of rotatable bonds is 5. The van der Waals surface area contributed by atoms with Crippen molar-refractivity contribution >= 4 is 39.8 Å². The first kappa shape index (κ1) is 19.4. The summed E-state index contributed by atoms with van der Waals surface area (Å²) in [4.78, 5) is 24.7. The first-order chi connectivity index (χ1) is 14.1. The lowest BCUT2D eigenvalue weighted by Crippen LogP contribution is -2.09. The van der Waals surface area contributed by atoms with E-state index in [2.05, 4.69) is 5.32 Å². The molecule has 1 N–H and O–H groups in total. The van der Waals surface area contributed by atoms with Crippen molar-refractivity contribution in [2.45, 2.75) is 13.0 Å². The molecule has 3 heterocycles. The van der Waals surface area contributed by atoms with Crippen LogP contribution in [0, 0.1) is 0 Å². The molecule has 3 aromatic rings. The molecule has 0 spiro atoms. The van der Waals surface area contributed by atoms with Crippen LogP contribution in [0.2, 0.25) is 5.02 Å². The number of halogens is 1. The minimum atomic E-state index is -0.503. The summed E-state index contributed by atoms with van der Waals surface area (Å²) < 4.78 is 21.6. The average molecular weight is 434 g/mol. The minimum absolute atomic E-state index is 0.0289. The molecule has 1 aliphatic rings. The van der Waals surface area contributed by atoms with Gasteiger partial charge in [0, 0.05) is 6.42 Å². The highest BCUT2D eigenvalue weighted by Gasteiger charge is 2.18. The van der Waals surface area contributed by atoms with Crippen LogP contribution in [-0.4, -0.2) is 25.1 Å². The molecule has 0 bridgehead atoms. The molecule has 29 heavy (non-hydrogen) atoms. The first-order valence-corrected chi connectivity index (χ1v) is 9.99. The summed E-state index contributed by atoms with van der Waals surface area (Å²) >= 11 is 7.37. The van der Waals surface area contributed by atoms with Crippen LogP contribution in [0.3, 0.4) is 0 Å². The summed E-state index contributed by atoms with van der Waals surface area (Å²) in [6.07, 6.45) is 2.19. The Balaban J connectivity index is 1.38.